The number of anilines is 1. The van der Waals surface area contributed by atoms with Crippen LogP contribution < -0.4 is 10.6 Å². The Kier molecular flexibility index (Phi) is 3.28. The topological polar surface area (TPSA) is 41.1 Å². The number of nitrogens with one attached hydrogen (secondary N) is 2. The Balaban J connectivity index is 2.17. The zero-order valence-electron chi connectivity index (χ0n) is 8.67. The second kappa shape index (κ2) is 4.68. The van der Waals surface area contributed by atoms with Crippen LogP contribution in [0.15, 0.2) is 23.1 Å². The molecule has 0 unspecified atom stereocenters. The maximum Gasteiger partial charge on any atom is 0.234 e. The SMILES string of the molecule is CNCCc1ccc2c(c1)NC(=O)CS2. The third-order valence-corrected chi connectivity index (χ3v) is 3.41. The average molecular weight is 222 g/mol. The van der Waals surface area contributed by atoms with Crippen LogP contribution in [0.2, 0.25) is 0 Å². The van der Waals surface area contributed by atoms with Crippen molar-refractivity contribution >= 4 is 23.4 Å². The van der Waals surface area contributed by atoms with Crippen molar-refractivity contribution in [2.75, 3.05) is 24.7 Å². The van der Waals surface area contributed by atoms with Crippen LogP contribution in [-0.4, -0.2) is 25.3 Å². The molecule has 1 aliphatic heterocycles. The molecule has 0 saturated heterocycles. The number of hydrogen-bond donors (Lipinski definition) is 2. The monoisotopic (exact) mass is 222 g/mol. The van der Waals surface area contributed by atoms with Crippen LogP contribution in [0.25, 0.3) is 0 Å². The minimum atomic E-state index is 0.0956. The fourth-order valence-corrected chi connectivity index (χ4v) is 2.34. The van der Waals surface area contributed by atoms with Gasteiger partial charge in [0.2, 0.25) is 5.91 Å². The van der Waals surface area contributed by atoms with E-state index < -0.39 is 0 Å². The summed E-state index contributed by atoms with van der Waals surface area (Å²) in [6, 6.07) is 6.28. The van der Waals surface area contributed by atoms with E-state index in [-0.39, 0.29) is 5.91 Å². The van der Waals surface area contributed by atoms with Gasteiger partial charge < -0.3 is 10.6 Å². The number of carbonyl (C=O) groups excluding carboxylic acids is 1. The van der Waals surface area contributed by atoms with E-state index in [0.29, 0.717) is 5.75 Å². The molecule has 1 amide bonds. The Morgan fingerprint density at radius 1 is 1.53 bits per heavy atom. The standard InChI is InChI=1S/C11H14N2OS/c1-12-5-4-8-2-3-10-9(6-8)13-11(14)7-15-10/h2-3,6,12H,4-5,7H2,1H3,(H,13,14). The molecule has 0 aromatic heterocycles. The molecule has 0 aliphatic carbocycles. The number of likely N-dealkylation sites (N-methyl/N-ethyl adjacent to an activating group) is 1. The van der Waals surface area contributed by atoms with Crippen LogP contribution in [0, 0.1) is 0 Å². The Morgan fingerprint density at radius 3 is 3.20 bits per heavy atom. The molecule has 15 heavy (non-hydrogen) atoms. The number of amides is 1. The summed E-state index contributed by atoms with van der Waals surface area (Å²) in [7, 11) is 1.94. The highest BCUT2D eigenvalue weighted by Gasteiger charge is 2.14. The van der Waals surface area contributed by atoms with Gasteiger partial charge in [-0.25, -0.2) is 0 Å². The smallest absolute Gasteiger partial charge is 0.234 e. The third-order valence-electron chi connectivity index (χ3n) is 2.34. The van der Waals surface area contributed by atoms with E-state index >= 15 is 0 Å². The Labute approximate surface area is 93.6 Å². The summed E-state index contributed by atoms with van der Waals surface area (Å²) < 4.78 is 0. The summed E-state index contributed by atoms with van der Waals surface area (Å²) in [5.41, 5.74) is 2.22. The number of fused-ring (bicyclic) bond motifs is 1. The van der Waals surface area contributed by atoms with Crippen LogP contribution in [-0.2, 0) is 11.2 Å². The highest BCUT2D eigenvalue weighted by Crippen LogP contribution is 2.31. The molecule has 4 heteroatoms. The molecule has 0 spiro atoms. The summed E-state index contributed by atoms with van der Waals surface area (Å²) in [5.74, 6) is 0.626. The molecule has 1 aliphatic rings. The summed E-state index contributed by atoms with van der Waals surface area (Å²) in [5, 5.41) is 6.01. The predicted molar refractivity (Wildman–Crippen MR) is 63.4 cm³/mol. The van der Waals surface area contributed by atoms with E-state index in [9.17, 15) is 4.79 Å². The molecular formula is C11H14N2OS. The average Bonchev–Trinajstić information content (AvgIpc) is 2.25. The summed E-state index contributed by atoms with van der Waals surface area (Å²) in [4.78, 5) is 12.4. The lowest BCUT2D eigenvalue weighted by Gasteiger charge is -2.17. The van der Waals surface area contributed by atoms with Crippen LogP contribution >= 0.6 is 11.8 Å². The second-order valence-corrected chi connectivity index (χ2v) is 4.54. The Morgan fingerprint density at radius 2 is 2.40 bits per heavy atom. The predicted octanol–water partition coefficient (Wildman–Crippen LogP) is 1.49. The zero-order valence-corrected chi connectivity index (χ0v) is 9.49. The molecular weight excluding hydrogens is 208 g/mol. The van der Waals surface area contributed by atoms with Gasteiger partial charge in [0, 0.05) is 4.90 Å². The first-order valence-electron chi connectivity index (χ1n) is 5.00. The molecule has 3 nitrogen and oxygen atoms in total. The van der Waals surface area contributed by atoms with E-state index in [0.717, 1.165) is 18.7 Å². The quantitative estimate of drug-likeness (QED) is 0.814. The zero-order chi connectivity index (χ0) is 10.7. The van der Waals surface area contributed by atoms with Crippen molar-refractivity contribution in [1.29, 1.82) is 0 Å². The number of hydrogen-bond acceptors (Lipinski definition) is 3. The van der Waals surface area contributed by atoms with Gasteiger partial charge >= 0.3 is 0 Å². The summed E-state index contributed by atoms with van der Waals surface area (Å²) >= 11 is 1.60. The Hall–Kier alpha value is -1.000. The molecule has 0 saturated carbocycles. The van der Waals surface area contributed by atoms with Crippen molar-refractivity contribution in [3.63, 3.8) is 0 Å². The van der Waals surface area contributed by atoms with E-state index in [1.165, 1.54) is 10.5 Å². The fourth-order valence-electron chi connectivity index (χ4n) is 1.56. The van der Waals surface area contributed by atoms with Crippen molar-refractivity contribution < 1.29 is 4.79 Å². The van der Waals surface area contributed by atoms with Crippen LogP contribution in [0.5, 0.6) is 0 Å². The molecule has 80 valence electrons. The van der Waals surface area contributed by atoms with E-state index in [1.807, 2.05) is 7.05 Å². The minimum Gasteiger partial charge on any atom is -0.324 e. The first kappa shape index (κ1) is 10.5. The van der Waals surface area contributed by atoms with Crippen molar-refractivity contribution in [2.24, 2.45) is 0 Å². The lowest BCUT2D eigenvalue weighted by molar-refractivity contribution is -0.113. The molecule has 1 aromatic rings. The first-order chi connectivity index (χ1) is 7.29. The highest BCUT2D eigenvalue weighted by molar-refractivity contribution is 8.00. The van der Waals surface area contributed by atoms with E-state index in [1.54, 1.807) is 11.8 Å². The third kappa shape index (κ3) is 2.52. The molecule has 0 atom stereocenters. The van der Waals surface area contributed by atoms with Crippen molar-refractivity contribution in [1.82, 2.24) is 5.32 Å². The number of rotatable bonds is 3. The van der Waals surface area contributed by atoms with Gasteiger partial charge in [-0.1, -0.05) is 6.07 Å². The molecule has 0 radical (unpaired) electrons. The largest absolute Gasteiger partial charge is 0.324 e. The van der Waals surface area contributed by atoms with Crippen LogP contribution in [0.4, 0.5) is 5.69 Å². The summed E-state index contributed by atoms with van der Waals surface area (Å²) in [6.45, 7) is 0.958. The van der Waals surface area contributed by atoms with E-state index in [4.69, 9.17) is 0 Å². The van der Waals surface area contributed by atoms with Gasteiger partial charge in [0.25, 0.3) is 0 Å². The van der Waals surface area contributed by atoms with Gasteiger partial charge in [-0.2, -0.15) is 0 Å². The summed E-state index contributed by atoms with van der Waals surface area (Å²) in [6.07, 6.45) is 0.990. The van der Waals surface area contributed by atoms with Gasteiger partial charge in [0.05, 0.1) is 11.4 Å². The van der Waals surface area contributed by atoms with Gasteiger partial charge in [-0.05, 0) is 37.7 Å². The molecule has 1 heterocycles. The highest BCUT2D eigenvalue weighted by atomic mass is 32.2. The molecule has 1 aromatic carbocycles. The molecule has 2 rings (SSSR count). The lowest BCUT2D eigenvalue weighted by Crippen LogP contribution is -2.19. The fraction of sp³-hybridized carbons (Fsp3) is 0.364. The van der Waals surface area contributed by atoms with Crippen molar-refractivity contribution in [2.45, 2.75) is 11.3 Å². The maximum atomic E-state index is 11.2. The van der Waals surface area contributed by atoms with Crippen molar-refractivity contribution in [3.05, 3.63) is 23.8 Å². The second-order valence-electron chi connectivity index (χ2n) is 3.52. The Bertz CT molecular complexity index is 379. The van der Waals surface area contributed by atoms with Crippen LogP contribution in [0.3, 0.4) is 0 Å². The molecule has 2 N–H and O–H groups in total. The molecule has 0 bridgehead atoms. The van der Waals surface area contributed by atoms with Gasteiger partial charge in [0.15, 0.2) is 0 Å². The first-order valence-corrected chi connectivity index (χ1v) is 5.98. The van der Waals surface area contributed by atoms with Gasteiger partial charge in [0.1, 0.15) is 0 Å². The molecule has 0 fully saturated rings. The van der Waals surface area contributed by atoms with E-state index in [2.05, 4.69) is 28.8 Å². The van der Waals surface area contributed by atoms with Gasteiger partial charge in [-0.3, -0.25) is 4.79 Å². The lowest BCUT2D eigenvalue weighted by atomic mass is 10.1. The van der Waals surface area contributed by atoms with Gasteiger partial charge in [-0.15, -0.1) is 11.8 Å². The minimum absolute atomic E-state index is 0.0956. The normalized spacial score (nSPS) is 14.6. The van der Waals surface area contributed by atoms with Crippen molar-refractivity contribution in [3.8, 4) is 0 Å². The number of benzene rings is 1. The number of thioether (sulfide) groups is 1. The van der Waals surface area contributed by atoms with Crippen LogP contribution in [0.1, 0.15) is 5.56 Å². The number of carbonyl (C=O) groups is 1. The maximum absolute atomic E-state index is 11.2.